The molecule has 1 aliphatic carbocycles. The molecule has 0 bridgehead atoms. The third-order valence-corrected chi connectivity index (χ3v) is 4.89. The fourth-order valence-electron chi connectivity index (χ4n) is 3.46. The maximum absolute atomic E-state index is 12.3. The molecule has 3 amide bonds. The number of amides is 3. The van der Waals surface area contributed by atoms with E-state index < -0.39 is 0 Å². The Hall–Kier alpha value is -2.54. The minimum absolute atomic E-state index is 0.0864. The van der Waals surface area contributed by atoms with Crippen LogP contribution in [-0.4, -0.2) is 42.7 Å². The first-order valence-electron chi connectivity index (χ1n) is 8.68. The first-order valence-corrected chi connectivity index (χ1v) is 8.68. The monoisotopic (exact) mass is 342 g/mol. The zero-order valence-electron chi connectivity index (χ0n) is 14.1. The molecular weight excluding hydrogens is 320 g/mol. The fourth-order valence-corrected chi connectivity index (χ4v) is 3.46. The van der Waals surface area contributed by atoms with Crippen LogP contribution < -0.4 is 16.0 Å². The van der Waals surface area contributed by atoms with E-state index in [2.05, 4.69) is 20.9 Å². The van der Waals surface area contributed by atoms with Crippen molar-refractivity contribution in [3.8, 4) is 0 Å². The number of hydrogen-bond acceptors (Lipinski definition) is 3. The van der Waals surface area contributed by atoms with E-state index in [0.29, 0.717) is 23.9 Å². The van der Waals surface area contributed by atoms with Gasteiger partial charge in [-0.05, 0) is 49.4 Å². The lowest BCUT2D eigenvalue weighted by Gasteiger charge is -2.19. The SMILES string of the molecule is CNC(=O)c1cc2cc(NC(=O)N[C@H]3CCO[C@H]3C3CC3)ccc2[nH]1. The average molecular weight is 342 g/mol. The van der Waals surface area contributed by atoms with Crippen LogP contribution >= 0.6 is 0 Å². The van der Waals surface area contributed by atoms with Crippen molar-refractivity contribution in [3.05, 3.63) is 30.0 Å². The zero-order chi connectivity index (χ0) is 17.4. The number of rotatable bonds is 4. The summed E-state index contributed by atoms with van der Waals surface area (Å²) in [4.78, 5) is 27.1. The Balaban J connectivity index is 1.42. The van der Waals surface area contributed by atoms with Gasteiger partial charge in [0.25, 0.3) is 5.91 Å². The van der Waals surface area contributed by atoms with Crippen molar-refractivity contribution in [2.45, 2.75) is 31.4 Å². The summed E-state index contributed by atoms with van der Waals surface area (Å²) in [5.74, 6) is 0.433. The smallest absolute Gasteiger partial charge is 0.319 e. The number of nitrogens with one attached hydrogen (secondary N) is 4. The maximum atomic E-state index is 12.3. The molecule has 7 heteroatoms. The normalized spacial score (nSPS) is 22.8. The van der Waals surface area contributed by atoms with Gasteiger partial charge in [0.2, 0.25) is 0 Å². The molecule has 2 aliphatic rings. The molecule has 25 heavy (non-hydrogen) atoms. The molecule has 1 saturated carbocycles. The Morgan fingerprint density at radius 1 is 1.20 bits per heavy atom. The molecule has 0 radical (unpaired) electrons. The summed E-state index contributed by atoms with van der Waals surface area (Å²) in [5, 5.41) is 9.36. The summed E-state index contributed by atoms with van der Waals surface area (Å²) < 4.78 is 5.75. The van der Waals surface area contributed by atoms with Gasteiger partial charge in [0, 0.05) is 30.2 Å². The van der Waals surface area contributed by atoms with Gasteiger partial charge in [-0.25, -0.2) is 4.79 Å². The van der Waals surface area contributed by atoms with E-state index in [9.17, 15) is 9.59 Å². The molecule has 4 rings (SSSR count). The average Bonchev–Trinajstić information content (AvgIpc) is 3.19. The molecule has 1 saturated heterocycles. The van der Waals surface area contributed by atoms with Gasteiger partial charge in [0.1, 0.15) is 5.69 Å². The summed E-state index contributed by atoms with van der Waals surface area (Å²) >= 11 is 0. The van der Waals surface area contributed by atoms with Crippen molar-refractivity contribution in [1.29, 1.82) is 0 Å². The van der Waals surface area contributed by atoms with Crippen LogP contribution in [0.25, 0.3) is 10.9 Å². The number of fused-ring (bicyclic) bond motifs is 1. The van der Waals surface area contributed by atoms with Gasteiger partial charge in [-0.15, -0.1) is 0 Å². The fraction of sp³-hybridized carbons (Fsp3) is 0.444. The third-order valence-electron chi connectivity index (χ3n) is 4.89. The number of carbonyl (C=O) groups excluding carboxylic acids is 2. The molecule has 0 spiro atoms. The van der Waals surface area contributed by atoms with Crippen molar-refractivity contribution < 1.29 is 14.3 Å². The molecule has 1 aromatic heterocycles. The van der Waals surface area contributed by atoms with E-state index >= 15 is 0 Å². The lowest BCUT2D eigenvalue weighted by Crippen LogP contribution is -2.43. The molecule has 1 aliphatic heterocycles. The predicted molar refractivity (Wildman–Crippen MR) is 94.7 cm³/mol. The molecule has 0 unspecified atom stereocenters. The maximum Gasteiger partial charge on any atom is 0.319 e. The molecule has 7 nitrogen and oxygen atoms in total. The number of benzene rings is 1. The second kappa shape index (κ2) is 6.40. The number of aromatic amines is 1. The van der Waals surface area contributed by atoms with Gasteiger partial charge in [-0.3, -0.25) is 4.79 Å². The lowest BCUT2D eigenvalue weighted by atomic mass is 10.1. The van der Waals surface area contributed by atoms with E-state index in [1.165, 1.54) is 12.8 Å². The molecule has 2 heterocycles. The van der Waals surface area contributed by atoms with Crippen molar-refractivity contribution in [1.82, 2.24) is 15.6 Å². The number of anilines is 1. The van der Waals surface area contributed by atoms with Gasteiger partial charge in [-0.1, -0.05) is 0 Å². The highest BCUT2D eigenvalue weighted by atomic mass is 16.5. The van der Waals surface area contributed by atoms with Crippen LogP contribution in [0.2, 0.25) is 0 Å². The Bertz CT molecular complexity index is 812. The largest absolute Gasteiger partial charge is 0.376 e. The summed E-state index contributed by atoms with van der Waals surface area (Å²) in [7, 11) is 1.59. The van der Waals surface area contributed by atoms with Crippen LogP contribution in [0.5, 0.6) is 0 Å². The highest BCUT2D eigenvalue weighted by molar-refractivity contribution is 5.99. The van der Waals surface area contributed by atoms with Crippen molar-refractivity contribution >= 4 is 28.5 Å². The van der Waals surface area contributed by atoms with Gasteiger partial charge in [0.15, 0.2) is 0 Å². The summed E-state index contributed by atoms with van der Waals surface area (Å²) in [6.45, 7) is 0.712. The molecule has 2 fully saturated rings. The predicted octanol–water partition coefficient (Wildman–Crippen LogP) is 2.22. The lowest BCUT2D eigenvalue weighted by molar-refractivity contribution is 0.0829. The number of aromatic nitrogens is 1. The molecule has 2 atom stereocenters. The van der Waals surface area contributed by atoms with Crippen LogP contribution in [0, 0.1) is 5.92 Å². The van der Waals surface area contributed by atoms with Crippen molar-refractivity contribution in [2.24, 2.45) is 5.92 Å². The number of urea groups is 1. The van der Waals surface area contributed by atoms with Crippen LogP contribution in [-0.2, 0) is 4.74 Å². The third kappa shape index (κ3) is 3.32. The van der Waals surface area contributed by atoms with Crippen molar-refractivity contribution in [2.75, 3.05) is 19.0 Å². The first kappa shape index (κ1) is 16.0. The van der Waals surface area contributed by atoms with Gasteiger partial charge < -0.3 is 25.7 Å². The Morgan fingerprint density at radius 2 is 2.04 bits per heavy atom. The number of ether oxygens (including phenoxy) is 1. The summed E-state index contributed by atoms with van der Waals surface area (Å²) in [6.07, 6.45) is 3.42. The molecule has 1 aromatic carbocycles. The van der Waals surface area contributed by atoms with E-state index in [1.54, 1.807) is 13.1 Å². The quantitative estimate of drug-likeness (QED) is 0.686. The van der Waals surface area contributed by atoms with E-state index in [4.69, 9.17) is 4.74 Å². The molecule has 132 valence electrons. The van der Waals surface area contributed by atoms with Crippen LogP contribution in [0.4, 0.5) is 10.5 Å². The molecule has 2 aromatic rings. The first-order chi connectivity index (χ1) is 12.1. The van der Waals surface area contributed by atoms with Crippen LogP contribution in [0.15, 0.2) is 24.3 Å². The minimum Gasteiger partial charge on any atom is -0.376 e. The zero-order valence-corrected chi connectivity index (χ0v) is 14.1. The van der Waals surface area contributed by atoms with E-state index in [1.807, 2.05) is 18.2 Å². The van der Waals surface area contributed by atoms with Gasteiger partial charge in [0.05, 0.1) is 12.1 Å². The highest BCUT2D eigenvalue weighted by Gasteiger charge is 2.41. The van der Waals surface area contributed by atoms with E-state index in [0.717, 1.165) is 17.3 Å². The van der Waals surface area contributed by atoms with Crippen LogP contribution in [0.3, 0.4) is 0 Å². The number of hydrogen-bond donors (Lipinski definition) is 4. The standard InChI is InChI=1S/C18H22N4O3/c1-19-17(23)15-9-11-8-12(4-5-13(11)21-15)20-18(24)22-14-6-7-25-16(14)10-2-3-10/h4-5,8-10,14,16,21H,2-3,6-7H2,1H3,(H,19,23)(H2,20,22,24)/t14-,16-/m0/s1. The van der Waals surface area contributed by atoms with Gasteiger partial charge in [-0.2, -0.15) is 0 Å². The summed E-state index contributed by atoms with van der Waals surface area (Å²) in [5.41, 5.74) is 2.03. The molecular formula is C18H22N4O3. The summed E-state index contributed by atoms with van der Waals surface area (Å²) in [6, 6.07) is 7.15. The number of H-pyrrole nitrogens is 1. The second-order valence-electron chi connectivity index (χ2n) is 6.73. The Kier molecular flexibility index (Phi) is 4.09. The van der Waals surface area contributed by atoms with Crippen molar-refractivity contribution in [3.63, 3.8) is 0 Å². The minimum atomic E-state index is -0.220. The van der Waals surface area contributed by atoms with Crippen LogP contribution in [0.1, 0.15) is 29.8 Å². The molecule has 4 N–H and O–H groups in total. The Labute approximate surface area is 145 Å². The Morgan fingerprint density at radius 3 is 2.80 bits per heavy atom. The second-order valence-corrected chi connectivity index (χ2v) is 6.73. The van der Waals surface area contributed by atoms with E-state index in [-0.39, 0.29) is 24.1 Å². The topological polar surface area (TPSA) is 95.2 Å². The van der Waals surface area contributed by atoms with Gasteiger partial charge >= 0.3 is 6.03 Å². The highest BCUT2D eigenvalue weighted by Crippen LogP contribution is 2.38. The number of carbonyl (C=O) groups is 2.